The molecule has 0 atom stereocenters. The molecule has 0 spiro atoms. The molecule has 6 nitrogen and oxygen atoms in total. The van der Waals surface area contributed by atoms with E-state index in [0.29, 0.717) is 28.4 Å². The van der Waals surface area contributed by atoms with Gasteiger partial charge in [0.25, 0.3) is 0 Å². The minimum atomic E-state index is -0.0729. The van der Waals surface area contributed by atoms with Crippen molar-refractivity contribution in [3.63, 3.8) is 0 Å². The second kappa shape index (κ2) is 6.33. The van der Waals surface area contributed by atoms with Crippen molar-refractivity contribution >= 4 is 23.0 Å². The maximum atomic E-state index is 12.5. The summed E-state index contributed by atoms with van der Waals surface area (Å²) in [6.45, 7) is 0. The smallest absolute Gasteiger partial charge is 0.246 e. The van der Waals surface area contributed by atoms with Crippen molar-refractivity contribution in [1.82, 2.24) is 19.8 Å². The third-order valence-corrected chi connectivity index (χ3v) is 3.79. The number of benzene rings is 2. The van der Waals surface area contributed by atoms with Gasteiger partial charge in [-0.2, -0.15) is 4.52 Å². The number of nitrogens with zero attached hydrogens (tertiary/aromatic N) is 4. The molecule has 0 aliphatic carbocycles. The lowest BCUT2D eigenvalue weighted by atomic mass is 10.0. The first-order valence-corrected chi connectivity index (χ1v) is 7.84. The molecule has 0 N–H and O–H groups in total. The van der Waals surface area contributed by atoms with Gasteiger partial charge in [0.2, 0.25) is 11.2 Å². The number of ether oxygens (including phenoxy) is 1. The molecule has 0 saturated heterocycles. The molecular weight excluding hydrogens is 340 g/mol. The maximum Gasteiger partial charge on any atom is 0.246 e. The average Bonchev–Trinajstić information content (AvgIpc) is 3.03. The summed E-state index contributed by atoms with van der Waals surface area (Å²) in [6.07, 6.45) is 0. The standard InChI is InChI=1S/C18H11ClN4O2/c19-18-21-20-15-9-10-16(22-23(15)18)25-14-8-4-7-13(11-14)17(24)12-5-2-1-3-6-12/h1-11H. The molecule has 25 heavy (non-hydrogen) atoms. The van der Waals surface area contributed by atoms with Crippen LogP contribution in [0, 0.1) is 0 Å². The second-order valence-electron chi connectivity index (χ2n) is 5.24. The maximum absolute atomic E-state index is 12.5. The molecule has 2 aromatic heterocycles. The number of hydrogen-bond donors (Lipinski definition) is 0. The van der Waals surface area contributed by atoms with Crippen LogP contribution in [0.25, 0.3) is 5.65 Å². The Balaban J connectivity index is 1.62. The topological polar surface area (TPSA) is 69.4 Å². The van der Waals surface area contributed by atoms with Crippen LogP contribution >= 0.6 is 11.6 Å². The summed E-state index contributed by atoms with van der Waals surface area (Å²) in [5.74, 6) is 0.743. The zero-order chi connectivity index (χ0) is 17.2. The summed E-state index contributed by atoms with van der Waals surface area (Å²) in [6, 6.07) is 19.4. The summed E-state index contributed by atoms with van der Waals surface area (Å²) in [5.41, 5.74) is 1.67. The molecule has 2 aromatic carbocycles. The highest BCUT2D eigenvalue weighted by atomic mass is 35.5. The SMILES string of the molecule is O=C(c1ccccc1)c1cccc(Oc2ccc3nnc(Cl)n3n2)c1. The van der Waals surface area contributed by atoms with Gasteiger partial charge in [-0.05, 0) is 29.8 Å². The van der Waals surface area contributed by atoms with Gasteiger partial charge in [-0.15, -0.1) is 15.3 Å². The van der Waals surface area contributed by atoms with E-state index in [1.165, 1.54) is 4.52 Å². The number of halogens is 1. The molecular formula is C18H11ClN4O2. The second-order valence-corrected chi connectivity index (χ2v) is 5.57. The minimum absolute atomic E-state index is 0.0729. The highest BCUT2D eigenvalue weighted by molar-refractivity contribution is 6.28. The fraction of sp³-hybridized carbons (Fsp3) is 0. The van der Waals surface area contributed by atoms with Crippen molar-refractivity contribution in [2.24, 2.45) is 0 Å². The van der Waals surface area contributed by atoms with Gasteiger partial charge in [0.15, 0.2) is 11.4 Å². The molecule has 0 saturated carbocycles. The lowest BCUT2D eigenvalue weighted by Gasteiger charge is -2.07. The molecule has 0 aliphatic rings. The van der Waals surface area contributed by atoms with Crippen LogP contribution in [0.3, 0.4) is 0 Å². The monoisotopic (exact) mass is 350 g/mol. The van der Waals surface area contributed by atoms with Crippen LogP contribution in [0.4, 0.5) is 0 Å². The molecule has 7 heteroatoms. The first-order chi connectivity index (χ1) is 12.2. The molecule has 4 rings (SSSR count). The number of fused-ring (bicyclic) bond motifs is 1. The highest BCUT2D eigenvalue weighted by Crippen LogP contribution is 2.22. The van der Waals surface area contributed by atoms with E-state index in [4.69, 9.17) is 16.3 Å². The van der Waals surface area contributed by atoms with E-state index in [2.05, 4.69) is 15.3 Å². The van der Waals surface area contributed by atoms with E-state index in [1.807, 2.05) is 18.2 Å². The normalized spacial score (nSPS) is 10.8. The van der Waals surface area contributed by atoms with Gasteiger partial charge in [0.05, 0.1) is 0 Å². The van der Waals surface area contributed by atoms with Crippen molar-refractivity contribution in [3.8, 4) is 11.6 Å². The Bertz CT molecular complexity index is 1060. The van der Waals surface area contributed by atoms with Crippen LogP contribution in [0.5, 0.6) is 11.6 Å². The summed E-state index contributed by atoms with van der Waals surface area (Å²) in [7, 11) is 0. The van der Waals surface area contributed by atoms with Crippen LogP contribution < -0.4 is 4.74 Å². The van der Waals surface area contributed by atoms with Crippen LogP contribution in [-0.2, 0) is 0 Å². The summed E-state index contributed by atoms with van der Waals surface area (Å²) in [4.78, 5) is 12.5. The third-order valence-electron chi connectivity index (χ3n) is 3.55. The summed E-state index contributed by atoms with van der Waals surface area (Å²) >= 11 is 5.91. The van der Waals surface area contributed by atoms with E-state index in [9.17, 15) is 4.79 Å². The fourth-order valence-electron chi connectivity index (χ4n) is 2.38. The van der Waals surface area contributed by atoms with Gasteiger partial charge in [-0.1, -0.05) is 42.5 Å². The number of ketones is 1. The van der Waals surface area contributed by atoms with Crippen LogP contribution in [0.15, 0.2) is 66.7 Å². The average molecular weight is 351 g/mol. The van der Waals surface area contributed by atoms with E-state index in [-0.39, 0.29) is 11.1 Å². The van der Waals surface area contributed by atoms with Crippen molar-refractivity contribution in [1.29, 1.82) is 0 Å². The number of rotatable bonds is 4. The van der Waals surface area contributed by atoms with Gasteiger partial charge in [0, 0.05) is 17.2 Å². The van der Waals surface area contributed by atoms with E-state index in [1.54, 1.807) is 48.5 Å². The summed E-state index contributed by atoms with van der Waals surface area (Å²) in [5, 5.41) is 11.9. The lowest BCUT2D eigenvalue weighted by Crippen LogP contribution is -2.01. The molecule has 0 unspecified atom stereocenters. The van der Waals surface area contributed by atoms with Crippen molar-refractivity contribution in [3.05, 3.63) is 83.1 Å². The van der Waals surface area contributed by atoms with Gasteiger partial charge in [-0.3, -0.25) is 4.79 Å². The van der Waals surface area contributed by atoms with Gasteiger partial charge in [-0.25, -0.2) is 0 Å². The van der Waals surface area contributed by atoms with Crippen molar-refractivity contribution < 1.29 is 9.53 Å². The number of carbonyl (C=O) groups is 1. The number of hydrogen-bond acceptors (Lipinski definition) is 5. The lowest BCUT2D eigenvalue weighted by molar-refractivity contribution is 0.103. The van der Waals surface area contributed by atoms with E-state index >= 15 is 0 Å². The van der Waals surface area contributed by atoms with Crippen molar-refractivity contribution in [2.45, 2.75) is 0 Å². The molecule has 0 fully saturated rings. The molecule has 4 aromatic rings. The zero-order valence-electron chi connectivity index (χ0n) is 12.8. The van der Waals surface area contributed by atoms with E-state index in [0.717, 1.165) is 0 Å². The van der Waals surface area contributed by atoms with Crippen LogP contribution in [0.1, 0.15) is 15.9 Å². The molecule has 2 heterocycles. The molecule has 0 bridgehead atoms. The Kier molecular flexibility index (Phi) is 3.87. The molecule has 0 radical (unpaired) electrons. The number of aromatic nitrogens is 4. The first-order valence-electron chi connectivity index (χ1n) is 7.46. The first kappa shape index (κ1) is 15.3. The highest BCUT2D eigenvalue weighted by Gasteiger charge is 2.11. The molecule has 0 amide bonds. The fourth-order valence-corrected chi connectivity index (χ4v) is 2.54. The zero-order valence-corrected chi connectivity index (χ0v) is 13.6. The predicted molar refractivity (Wildman–Crippen MR) is 92.2 cm³/mol. The van der Waals surface area contributed by atoms with E-state index < -0.39 is 0 Å². The minimum Gasteiger partial charge on any atom is -0.438 e. The Hall–Kier alpha value is -3.25. The Morgan fingerprint density at radius 2 is 1.72 bits per heavy atom. The largest absolute Gasteiger partial charge is 0.438 e. The Morgan fingerprint density at radius 1 is 0.920 bits per heavy atom. The third kappa shape index (κ3) is 3.07. The predicted octanol–water partition coefficient (Wildman–Crippen LogP) is 3.80. The van der Waals surface area contributed by atoms with Crippen LogP contribution in [-0.4, -0.2) is 25.6 Å². The number of carbonyl (C=O) groups excluding carboxylic acids is 1. The van der Waals surface area contributed by atoms with Gasteiger partial charge < -0.3 is 4.74 Å². The Morgan fingerprint density at radius 3 is 2.56 bits per heavy atom. The van der Waals surface area contributed by atoms with Gasteiger partial charge >= 0.3 is 0 Å². The van der Waals surface area contributed by atoms with Crippen molar-refractivity contribution in [2.75, 3.05) is 0 Å². The van der Waals surface area contributed by atoms with Gasteiger partial charge in [0.1, 0.15) is 5.75 Å². The Labute approximate surface area is 147 Å². The quantitative estimate of drug-likeness (QED) is 0.523. The summed E-state index contributed by atoms with van der Waals surface area (Å²) < 4.78 is 7.11. The molecule has 122 valence electrons. The molecule has 0 aliphatic heterocycles. The van der Waals surface area contributed by atoms with Crippen LogP contribution in [0.2, 0.25) is 5.28 Å².